The minimum atomic E-state index is -1.77. The molecule has 0 saturated carbocycles. The van der Waals surface area contributed by atoms with Crippen LogP contribution in [0.2, 0.25) is 12.1 Å². The highest BCUT2D eigenvalue weighted by molar-refractivity contribution is 7.16. The van der Waals surface area contributed by atoms with Gasteiger partial charge in [-0.25, -0.2) is 0 Å². The van der Waals surface area contributed by atoms with E-state index in [4.69, 9.17) is 15.5 Å². The highest BCUT2D eigenvalue weighted by atomic mass is 35.6. The summed E-state index contributed by atoms with van der Waals surface area (Å²) in [6.45, 7) is 7.25. The van der Waals surface area contributed by atoms with Crippen LogP contribution in [0.5, 0.6) is 0 Å². The molecule has 0 aliphatic rings. The fourth-order valence-corrected chi connectivity index (χ4v) is 3.83. The third-order valence-electron chi connectivity index (χ3n) is 1.72. The molecule has 1 unspecified atom stereocenters. The van der Waals surface area contributed by atoms with E-state index in [-0.39, 0.29) is 0 Å². The minimum Gasteiger partial charge on any atom is -0.403 e. The Balaban J connectivity index is 3.68. The topological polar surface area (TPSA) is 9.23 Å². The molecule has 0 N–H and O–H groups in total. The van der Waals surface area contributed by atoms with Crippen molar-refractivity contribution in [2.24, 2.45) is 0 Å². The van der Waals surface area contributed by atoms with Crippen LogP contribution in [0.15, 0.2) is 0 Å². The molecule has 0 amide bonds. The van der Waals surface area contributed by atoms with Crippen molar-refractivity contribution in [2.75, 3.05) is 6.61 Å². The molecule has 0 fully saturated rings. The Morgan fingerprint density at radius 2 is 1.82 bits per heavy atom. The van der Waals surface area contributed by atoms with Gasteiger partial charge in [-0.05, 0) is 18.5 Å². The van der Waals surface area contributed by atoms with E-state index in [9.17, 15) is 0 Å². The molecule has 0 spiro atoms. The molecule has 0 aromatic rings. The van der Waals surface area contributed by atoms with Crippen LogP contribution < -0.4 is 0 Å². The fraction of sp³-hybridized carbons (Fsp3) is 1.00. The molecular formula is C8H19ClOSi. The minimum absolute atomic E-state index is 0.837. The lowest BCUT2D eigenvalue weighted by Crippen LogP contribution is -2.30. The van der Waals surface area contributed by atoms with Gasteiger partial charge in [-0.15, -0.1) is 11.1 Å². The Morgan fingerprint density at radius 3 is 2.18 bits per heavy atom. The van der Waals surface area contributed by atoms with Crippen molar-refractivity contribution < 1.29 is 4.43 Å². The zero-order valence-corrected chi connectivity index (χ0v) is 9.58. The molecule has 0 saturated heterocycles. The van der Waals surface area contributed by atoms with E-state index < -0.39 is 7.63 Å². The van der Waals surface area contributed by atoms with E-state index in [0.29, 0.717) is 0 Å². The molecule has 0 bridgehead atoms. The summed E-state index contributed by atoms with van der Waals surface area (Å²) < 4.78 is 5.67. The maximum atomic E-state index is 6.32. The molecule has 1 nitrogen and oxygen atoms in total. The van der Waals surface area contributed by atoms with Crippen molar-refractivity contribution in [3.8, 4) is 0 Å². The zero-order chi connectivity index (χ0) is 8.74. The average molecular weight is 195 g/mol. The molecule has 1 atom stereocenters. The molecular weight excluding hydrogens is 176 g/mol. The van der Waals surface area contributed by atoms with Crippen LogP contribution in [0.3, 0.4) is 0 Å². The lowest BCUT2D eigenvalue weighted by Gasteiger charge is -2.21. The van der Waals surface area contributed by atoms with Gasteiger partial charge in [0.15, 0.2) is 0 Å². The van der Waals surface area contributed by atoms with Crippen LogP contribution in [0.1, 0.15) is 33.6 Å². The Hall–Kier alpha value is 0.467. The summed E-state index contributed by atoms with van der Waals surface area (Å²) in [7, 11) is -1.77. The second-order valence-electron chi connectivity index (χ2n) is 2.84. The maximum absolute atomic E-state index is 6.32. The quantitative estimate of drug-likeness (QED) is 0.465. The normalized spacial score (nSPS) is 16.4. The summed E-state index contributed by atoms with van der Waals surface area (Å²) >= 11 is 6.32. The van der Waals surface area contributed by atoms with Crippen LogP contribution in [0.4, 0.5) is 0 Å². The van der Waals surface area contributed by atoms with Gasteiger partial charge in [0.05, 0.1) is 0 Å². The van der Waals surface area contributed by atoms with Crippen molar-refractivity contribution in [1.29, 1.82) is 0 Å². The first-order chi connectivity index (χ1) is 5.18. The van der Waals surface area contributed by atoms with Crippen molar-refractivity contribution >= 4 is 18.7 Å². The SMILES string of the molecule is CCCO[Si](Cl)(CC)CCC. The second kappa shape index (κ2) is 6.04. The van der Waals surface area contributed by atoms with Crippen LogP contribution in [-0.4, -0.2) is 14.2 Å². The third-order valence-corrected chi connectivity index (χ3v) is 6.44. The Bertz CT molecular complexity index is 100. The highest BCUT2D eigenvalue weighted by Gasteiger charge is 2.28. The van der Waals surface area contributed by atoms with Gasteiger partial charge in [0.1, 0.15) is 0 Å². The van der Waals surface area contributed by atoms with Gasteiger partial charge in [0, 0.05) is 6.61 Å². The third kappa shape index (κ3) is 4.83. The number of halogens is 1. The fourth-order valence-electron chi connectivity index (χ4n) is 1.01. The average Bonchev–Trinajstić information content (AvgIpc) is 2.02. The first-order valence-electron chi connectivity index (χ1n) is 4.51. The van der Waals surface area contributed by atoms with Crippen molar-refractivity contribution in [2.45, 2.75) is 45.7 Å². The molecule has 0 aromatic heterocycles. The van der Waals surface area contributed by atoms with E-state index in [0.717, 1.165) is 31.5 Å². The van der Waals surface area contributed by atoms with Crippen LogP contribution in [0.25, 0.3) is 0 Å². The first kappa shape index (κ1) is 11.5. The molecule has 0 rings (SSSR count). The van der Waals surface area contributed by atoms with E-state index >= 15 is 0 Å². The Labute approximate surface area is 75.9 Å². The summed E-state index contributed by atoms with van der Waals surface area (Å²) in [5.41, 5.74) is 0. The second-order valence-corrected chi connectivity index (χ2v) is 8.16. The van der Waals surface area contributed by atoms with Gasteiger partial charge in [-0.2, -0.15) is 0 Å². The predicted octanol–water partition coefficient (Wildman–Crippen LogP) is 3.52. The van der Waals surface area contributed by atoms with Gasteiger partial charge in [-0.1, -0.05) is 27.2 Å². The van der Waals surface area contributed by atoms with Crippen LogP contribution >= 0.6 is 11.1 Å². The summed E-state index contributed by atoms with van der Waals surface area (Å²) in [6.07, 6.45) is 2.22. The van der Waals surface area contributed by atoms with Crippen LogP contribution in [0, 0.1) is 0 Å². The summed E-state index contributed by atoms with van der Waals surface area (Å²) in [5, 5.41) is 0. The molecule has 3 heteroatoms. The molecule has 11 heavy (non-hydrogen) atoms. The number of hydrogen-bond acceptors (Lipinski definition) is 1. The largest absolute Gasteiger partial charge is 0.403 e. The van der Waals surface area contributed by atoms with E-state index in [1.165, 1.54) is 0 Å². The summed E-state index contributed by atoms with van der Waals surface area (Å²) in [4.78, 5) is 0. The van der Waals surface area contributed by atoms with Crippen molar-refractivity contribution in [3.63, 3.8) is 0 Å². The summed E-state index contributed by atoms with van der Waals surface area (Å²) in [5.74, 6) is 0. The van der Waals surface area contributed by atoms with Crippen molar-refractivity contribution in [1.82, 2.24) is 0 Å². The zero-order valence-electron chi connectivity index (χ0n) is 7.82. The molecule has 0 aromatic carbocycles. The molecule has 0 aliphatic carbocycles. The Morgan fingerprint density at radius 1 is 1.18 bits per heavy atom. The number of hydrogen-bond donors (Lipinski definition) is 0. The van der Waals surface area contributed by atoms with Gasteiger partial charge in [0.2, 0.25) is 0 Å². The highest BCUT2D eigenvalue weighted by Crippen LogP contribution is 2.23. The van der Waals surface area contributed by atoms with Crippen LogP contribution in [-0.2, 0) is 4.43 Å². The van der Waals surface area contributed by atoms with Gasteiger partial charge in [0.25, 0.3) is 7.63 Å². The van der Waals surface area contributed by atoms with E-state index in [1.54, 1.807) is 0 Å². The smallest absolute Gasteiger partial charge is 0.289 e. The van der Waals surface area contributed by atoms with E-state index in [2.05, 4.69) is 20.8 Å². The lowest BCUT2D eigenvalue weighted by atomic mass is 10.5. The molecule has 0 aliphatic heterocycles. The maximum Gasteiger partial charge on any atom is 0.289 e. The molecule has 0 radical (unpaired) electrons. The van der Waals surface area contributed by atoms with E-state index in [1.807, 2.05) is 0 Å². The Kier molecular flexibility index (Phi) is 6.29. The number of rotatable bonds is 6. The molecule has 68 valence electrons. The van der Waals surface area contributed by atoms with Gasteiger partial charge < -0.3 is 4.43 Å². The first-order valence-corrected chi connectivity index (χ1v) is 7.84. The molecule has 0 heterocycles. The van der Waals surface area contributed by atoms with Gasteiger partial charge in [-0.3, -0.25) is 0 Å². The standard InChI is InChI=1S/C8H19ClOSi/c1-4-7-10-11(9,6-3)8-5-2/h4-8H2,1-3H3. The van der Waals surface area contributed by atoms with Crippen molar-refractivity contribution in [3.05, 3.63) is 0 Å². The monoisotopic (exact) mass is 194 g/mol. The summed E-state index contributed by atoms with van der Waals surface area (Å²) in [6, 6.07) is 2.12. The van der Waals surface area contributed by atoms with Gasteiger partial charge >= 0.3 is 0 Å². The predicted molar refractivity (Wildman–Crippen MR) is 53.4 cm³/mol. The lowest BCUT2D eigenvalue weighted by molar-refractivity contribution is 0.311.